The molecule has 0 spiro atoms. The predicted octanol–water partition coefficient (Wildman–Crippen LogP) is 7.56. The standard InChI is InChI=1S/C27H40N2O2/c1-4-6-7-8-9-10-14-23-16-18-24(19-17-23)27-28-20-25(21-29-27)31-26(30)15-12-11-13-22(3)5-2/h16-22H,4-15H2,1-3H3. The Labute approximate surface area is 188 Å². The van der Waals surface area contributed by atoms with Crippen molar-refractivity contribution in [1.29, 1.82) is 0 Å². The molecule has 0 fully saturated rings. The third kappa shape index (κ3) is 10.1. The predicted molar refractivity (Wildman–Crippen MR) is 128 cm³/mol. The fourth-order valence-electron chi connectivity index (χ4n) is 3.60. The third-order valence-electron chi connectivity index (χ3n) is 5.92. The number of benzene rings is 1. The molecule has 31 heavy (non-hydrogen) atoms. The van der Waals surface area contributed by atoms with Gasteiger partial charge in [-0.3, -0.25) is 4.79 Å². The van der Waals surface area contributed by atoms with Gasteiger partial charge in [0.15, 0.2) is 11.6 Å². The highest BCUT2D eigenvalue weighted by Gasteiger charge is 2.08. The number of aromatic nitrogens is 2. The Bertz CT molecular complexity index is 741. The van der Waals surface area contributed by atoms with Gasteiger partial charge in [-0.1, -0.05) is 96.4 Å². The van der Waals surface area contributed by atoms with Gasteiger partial charge in [0, 0.05) is 12.0 Å². The van der Waals surface area contributed by atoms with Crippen molar-refractivity contribution >= 4 is 5.97 Å². The molecule has 0 aliphatic heterocycles. The molecular formula is C27H40N2O2. The molecule has 1 atom stereocenters. The number of hydrogen-bond acceptors (Lipinski definition) is 4. The molecule has 0 saturated heterocycles. The van der Waals surface area contributed by atoms with Gasteiger partial charge in [0.25, 0.3) is 0 Å². The van der Waals surface area contributed by atoms with Gasteiger partial charge in [0.05, 0.1) is 12.4 Å². The zero-order valence-electron chi connectivity index (χ0n) is 19.7. The smallest absolute Gasteiger partial charge is 0.311 e. The van der Waals surface area contributed by atoms with Crippen molar-refractivity contribution in [1.82, 2.24) is 9.97 Å². The van der Waals surface area contributed by atoms with Crippen LogP contribution >= 0.6 is 0 Å². The van der Waals surface area contributed by atoms with Crippen molar-refractivity contribution in [3.63, 3.8) is 0 Å². The molecule has 1 aromatic heterocycles. The number of unbranched alkanes of at least 4 members (excludes halogenated alkanes) is 6. The van der Waals surface area contributed by atoms with Crippen LogP contribution in [-0.2, 0) is 11.2 Å². The van der Waals surface area contributed by atoms with Gasteiger partial charge in [-0.05, 0) is 30.7 Å². The van der Waals surface area contributed by atoms with Crippen molar-refractivity contribution in [2.24, 2.45) is 5.92 Å². The van der Waals surface area contributed by atoms with Crippen LogP contribution in [0.25, 0.3) is 11.4 Å². The largest absolute Gasteiger partial charge is 0.423 e. The number of hydrogen-bond donors (Lipinski definition) is 0. The first-order valence-electron chi connectivity index (χ1n) is 12.2. The fraction of sp³-hybridized carbons (Fsp3) is 0.593. The molecule has 4 heteroatoms. The van der Waals surface area contributed by atoms with Crippen LogP contribution in [0.15, 0.2) is 36.7 Å². The molecule has 1 unspecified atom stereocenters. The van der Waals surface area contributed by atoms with Crippen molar-refractivity contribution in [3.05, 3.63) is 42.2 Å². The Morgan fingerprint density at radius 2 is 1.58 bits per heavy atom. The lowest BCUT2D eigenvalue weighted by atomic mass is 10.0. The Morgan fingerprint density at radius 3 is 2.26 bits per heavy atom. The molecule has 0 saturated carbocycles. The van der Waals surface area contributed by atoms with Crippen LogP contribution < -0.4 is 4.74 Å². The molecule has 1 heterocycles. The van der Waals surface area contributed by atoms with Gasteiger partial charge in [0.2, 0.25) is 0 Å². The summed E-state index contributed by atoms with van der Waals surface area (Å²) in [7, 11) is 0. The van der Waals surface area contributed by atoms with E-state index in [9.17, 15) is 4.79 Å². The van der Waals surface area contributed by atoms with E-state index in [4.69, 9.17) is 4.74 Å². The quantitative estimate of drug-likeness (QED) is 0.219. The van der Waals surface area contributed by atoms with Gasteiger partial charge in [-0.25, -0.2) is 9.97 Å². The molecule has 2 aromatic rings. The number of esters is 1. The highest BCUT2D eigenvalue weighted by Crippen LogP contribution is 2.19. The number of aryl methyl sites for hydroxylation is 1. The molecule has 0 aliphatic rings. The second-order valence-corrected chi connectivity index (χ2v) is 8.69. The third-order valence-corrected chi connectivity index (χ3v) is 5.92. The van der Waals surface area contributed by atoms with E-state index in [1.54, 1.807) is 12.4 Å². The van der Waals surface area contributed by atoms with E-state index < -0.39 is 0 Å². The lowest BCUT2D eigenvalue weighted by molar-refractivity contribution is -0.134. The highest BCUT2D eigenvalue weighted by atomic mass is 16.5. The van der Waals surface area contributed by atoms with Crippen LogP contribution in [0.1, 0.15) is 97.0 Å². The summed E-state index contributed by atoms with van der Waals surface area (Å²) in [6.45, 7) is 6.70. The average molecular weight is 425 g/mol. The van der Waals surface area contributed by atoms with Gasteiger partial charge >= 0.3 is 5.97 Å². The minimum atomic E-state index is -0.209. The fourth-order valence-corrected chi connectivity index (χ4v) is 3.60. The van der Waals surface area contributed by atoms with Gasteiger partial charge in [-0.2, -0.15) is 0 Å². The van der Waals surface area contributed by atoms with Gasteiger partial charge < -0.3 is 4.74 Å². The molecule has 4 nitrogen and oxygen atoms in total. The minimum Gasteiger partial charge on any atom is -0.423 e. The van der Waals surface area contributed by atoms with Crippen molar-refractivity contribution in [3.8, 4) is 17.1 Å². The first-order chi connectivity index (χ1) is 15.1. The Hall–Kier alpha value is -2.23. The molecular weight excluding hydrogens is 384 g/mol. The summed E-state index contributed by atoms with van der Waals surface area (Å²) in [6.07, 6.45) is 16.9. The molecule has 0 aliphatic carbocycles. The van der Waals surface area contributed by atoms with E-state index in [0.29, 0.717) is 18.0 Å². The van der Waals surface area contributed by atoms with E-state index in [0.717, 1.165) is 30.7 Å². The molecule has 0 amide bonds. The number of carbonyl (C=O) groups excluding carboxylic acids is 1. The second kappa shape index (κ2) is 14.7. The summed E-state index contributed by atoms with van der Waals surface area (Å²) >= 11 is 0. The summed E-state index contributed by atoms with van der Waals surface area (Å²) in [5.41, 5.74) is 2.34. The molecule has 0 radical (unpaired) electrons. The van der Waals surface area contributed by atoms with E-state index in [1.807, 2.05) is 0 Å². The summed E-state index contributed by atoms with van der Waals surface area (Å²) in [5, 5.41) is 0. The molecule has 1 aromatic carbocycles. The van der Waals surface area contributed by atoms with E-state index in [2.05, 4.69) is 55.0 Å². The lowest BCUT2D eigenvalue weighted by Crippen LogP contribution is -2.08. The van der Waals surface area contributed by atoms with Crippen LogP contribution in [0.2, 0.25) is 0 Å². The van der Waals surface area contributed by atoms with Gasteiger partial charge in [-0.15, -0.1) is 0 Å². The lowest BCUT2D eigenvalue weighted by Gasteiger charge is -2.08. The number of carbonyl (C=O) groups is 1. The second-order valence-electron chi connectivity index (χ2n) is 8.69. The van der Waals surface area contributed by atoms with E-state index >= 15 is 0 Å². The first kappa shape index (κ1) is 25.0. The van der Waals surface area contributed by atoms with E-state index in [-0.39, 0.29) is 5.97 Å². The van der Waals surface area contributed by atoms with Crippen LogP contribution in [-0.4, -0.2) is 15.9 Å². The van der Waals surface area contributed by atoms with Gasteiger partial charge in [0.1, 0.15) is 0 Å². The van der Waals surface area contributed by atoms with Crippen LogP contribution in [0, 0.1) is 5.92 Å². The SMILES string of the molecule is CCCCCCCCc1ccc(-c2ncc(OC(=O)CCCCC(C)CC)cn2)cc1. The number of ether oxygens (including phenoxy) is 1. The van der Waals surface area contributed by atoms with Crippen molar-refractivity contribution < 1.29 is 9.53 Å². The summed E-state index contributed by atoms with van der Waals surface area (Å²) in [4.78, 5) is 20.8. The summed E-state index contributed by atoms with van der Waals surface area (Å²) in [6, 6.07) is 8.48. The minimum absolute atomic E-state index is 0.209. The summed E-state index contributed by atoms with van der Waals surface area (Å²) in [5.74, 6) is 1.58. The number of nitrogens with zero attached hydrogens (tertiary/aromatic N) is 2. The maximum absolute atomic E-state index is 12.0. The van der Waals surface area contributed by atoms with Crippen LogP contribution in [0.5, 0.6) is 5.75 Å². The maximum Gasteiger partial charge on any atom is 0.311 e. The molecule has 170 valence electrons. The highest BCUT2D eigenvalue weighted by molar-refractivity contribution is 5.72. The normalized spacial score (nSPS) is 12.0. The Balaban J connectivity index is 1.73. The Kier molecular flexibility index (Phi) is 11.9. The molecule has 0 bridgehead atoms. The molecule has 2 rings (SSSR count). The topological polar surface area (TPSA) is 52.1 Å². The van der Waals surface area contributed by atoms with Crippen molar-refractivity contribution in [2.45, 2.75) is 97.8 Å². The van der Waals surface area contributed by atoms with Crippen LogP contribution in [0.4, 0.5) is 0 Å². The molecule has 0 N–H and O–H groups in total. The first-order valence-corrected chi connectivity index (χ1v) is 12.2. The zero-order chi connectivity index (χ0) is 22.3. The van der Waals surface area contributed by atoms with E-state index in [1.165, 1.54) is 56.9 Å². The maximum atomic E-state index is 12.0. The average Bonchev–Trinajstić information content (AvgIpc) is 2.80. The van der Waals surface area contributed by atoms with Crippen LogP contribution in [0.3, 0.4) is 0 Å². The monoisotopic (exact) mass is 424 g/mol. The number of rotatable bonds is 15. The van der Waals surface area contributed by atoms with Crippen molar-refractivity contribution in [2.75, 3.05) is 0 Å². The Morgan fingerprint density at radius 1 is 0.903 bits per heavy atom. The zero-order valence-corrected chi connectivity index (χ0v) is 19.7. The summed E-state index contributed by atoms with van der Waals surface area (Å²) < 4.78 is 5.37.